The first-order valence-electron chi connectivity index (χ1n) is 16.6. The molecule has 0 radical (unpaired) electrons. The van der Waals surface area contributed by atoms with Crippen molar-refractivity contribution in [1.82, 2.24) is 4.90 Å². The number of rotatable bonds is 9. The maximum atomic E-state index is 12.1. The van der Waals surface area contributed by atoms with Crippen LogP contribution in [0, 0.1) is 13.8 Å². The van der Waals surface area contributed by atoms with Gasteiger partial charge in [0.05, 0.1) is 25.3 Å². The first-order chi connectivity index (χ1) is 21.9. The van der Waals surface area contributed by atoms with E-state index in [0.29, 0.717) is 35.3 Å². The quantitative estimate of drug-likeness (QED) is 0.258. The molecule has 0 aromatic heterocycles. The van der Waals surface area contributed by atoms with Crippen LogP contribution in [0.3, 0.4) is 0 Å². The van der Waals surface area contributed by atoms with Crippen LogP contribution < -0.4 is 15.5 Å². The number of hydrogen-bond donors (Lipinski definition) is 1. The molecule has 0 amide bonds. The summed E-state index contributed by atoms with van der Waals surface area (Å²) >= 11 is 7.07. The van der Waals surface area contributed by atoms with Gasteiger partial charge in [-0.1, -0.05) is 31.9 Å². The third kappa shape index (κ3) is 9.48. The van der Waals surface area contributed by atoms with Crippen LogP contribution in [-0.4, -0.2) is 82.4 Å². The molecule has 2 aromatic rings. The molecule has 10 heteroatoms. The van der Waals surface area contributed by atoms with E-state index in [1.54, 1.807) is 0 Å². The monoisotopic (exact) mass is 764 g/mol. The summed E-state index contributed by atoms with van der Waals surface area (Å²) in [5, 5.41) is 0. The zero-order valence-electron chi connectivity index (χ0n) is 29.0. The molecular weight excluding hydrogens is 712 g/mol. The van der Waals surface area contributed by atoms with Crippen LogP contribution in [-0.2, 0) is 9.47 Å². The van der Waals surface area contributed by atoms with E-state index in [0.717, 1.165) is 70.2 Å². The van der Waals surface area contributed by atoms with Gasteiger partial charge >= 0.3 is 11.9 Å². The maximum absolute atomic E-state index is 12.1. The van der Waals surface area contributed by atoms with Crippen molar-refractivity contribution in [3.05, 3.63) is 55.5 Å². The van der Waals surface area contributed by atoms with Crippen molar-refractivity contribution in [3.8, 4) is 0 Å². The van der Waals surface area contributed by atoms with Crippen LogP contribution in [0.2, 0.25) is 0 Å². The lowest BCUT2D eigenvalue weighted by Gasteiger charge is -2.40. The number of esters is 2. The molecule has 2 N–H and O–H groups in total. The van der Waals surface area contributed by atoms with Crippen LogP contribution in [0.25, 0.3) is 0 Å². The lowest BCUT2D eigenvalue weighted by Crippen LogP contribution is -2.42. The molecule has 0 heterocycles. The smallest absolute Gasteiger partial charge is 0.338 e. The molecule has 8 nitrogen and oxygen atoms in total. The summed E-state index contributed by atoms with van der Waals surface area (Å²) in [5.74, 6) is -0.566. The van der Waals surface area contributed by atoms with E-state index in [1.807, 2.05) is 26.0 Å². The standard InChI is InChI=1S/C19H29BrN2O2.C17H25BrN2O2/c1-6-22(16-9-7-15(8-10-16)21(3)4)18-12-14(20)11-17(13(18)2)19(23)24-5;1-4-20(14-7-5-13(19)6-8-14)16-10-12(18)9-15(11(16)2)17(21)22-3/h11-12,15-16H,6-10H2,1-5H3;9-10,13-14H,4-8,19H2,1-3H3. The Hall–Kier alpha value is -2.14. The van der Waals surface area contributed by atoms with Gasteiger partial charge in [-0.05, 0) is 129 Å². The van der Waals surface area contributed by atoms with Crippen molar-refractivity contribution >= 4 is 55.2 Å². The number of carbonyl (C=O) groups is 2. The van der Waals surface area contributed by atoms with Gasteiger partial charge in [0.2, 0.25) is 0 Å². The van der Waals surface area contributed by atoms with Gasteiger partial charge in [0, 0.05) is 57.6 Å². The number of anilines is 2. The lowest BCUT2D eigenvalue weighted by atomic mass is 9.89. The van der Waals surface area contributed by atoms with Gasteiger partial charge in [0.1, 0.15) is 0 Å². The van der Waals surface area contributed by atoms with Crippen LogP contribution >= 0.6 is 31.9 Å². The summed E-state index contributed by atoms with van der Waals surface area (Å²) in [6, 6.07) is 9.95. The number of methoxy groups -OCH3 is 2. The minimum atomic E-state index is -0.290. The van der Waals surface area contributed by atoms with Gasteiger partial charge in [-0.2, -0.15) is 0 Å². The Morgan fingerprint density at radius 3 is 1.37 bits per heavy atom. The zero-order valence-corrected chi connectivity index (χ0v) is 32.2. The molecule has 4 rings (SSSR count). The highest BCUT2D eigenvalue weighted by molar-refractivity contribution is 9.10. The van der Waals surface area contributed by atoms with Gasteiger partial charge in [0.25, 0.3) is 0 Å². The second kappa shape index (κ2) is 17.9. The summed E-state index contributed by atoms with van der Waals surface area (Å²) in [6.45, 7) is 10.2. The Bertz CT molecular complexity index is 1320. The van der Waals surface area contributed by atoms with Gasteiger partial charge in [-0.25, -0.2) is 9.59 Å². The predicted molar refractivity (Wildman–Crippen MR) is 196 cm³/mol. The fourth-order valence-electron chi connectivity index (χ4n) is 7.12. The van der Waals surface area contributed by atoms with Crippen molar-refractivity contribution < 1.29 is 19.1 Å². The van der Waals surface area contributed by atoms with Crippen LogP contribution in [0.4, 0.5) is 11.4 Å². The third-order valence-electron chi connectivity index (χ3n) is 9.82. The van der Waals surface area contributed by atoms with Crippen LogP contribution in [0.15, 0.2) is 33.2 Å². The SMILES string of the molecule is CCN(c1cc(Br)cc(C(=O)OC)c1C)C1CCC(N(C)C)CC1.CCN(c1cc(Br)cc(C(=O)OC)c1C)C1CCC(N)CC1. The van der Waals surface area contributed by atoms with Crippen molar-refractivity contribution in [2.45, 2.75) is 103 Å². The fraction of sp³-hybridized carbons (Fsp3) is 0.611. The lowest BCUT2D eigenvalue weighted by molar-refractivity contribution is 0.0591. The van der Waals surface area contributed by atoms with E-state index in [2.05, 4.69) is 86.6 Å². The number of hydrogen-bond acceptors (Lipinski definition) is 8. The van der Waals surface area contributed by atoms with Crippen molar-refractivity contribution in [3.63, 3.8) is 0 Å². The predicted octanol–water partition coefficient (Wildman–Crippen LogP) is 7.88. The second-order valence-electron chi connectivity index (χ2n) is 12.7. The zero-order chi connectivity index (χ0) is 34.1. The number of halogens is 2. The van der Waals surface area contributed by atoms with E-state index >= 15 is 0 Å². The molecule has 0 unspecified atom stereocenters. The molecule has 0 atom stereocenters. The molecule has 256 valence electrons. The summed E-state index contributed by atoms with van der Waals surface area (Å²) in [4.78, 5) is 31.3. The first kappa shape index (κ1) is 38.3. The largest absolute Gasteiger partial charge is 0.465 e. The normalized spacial score (nSPS) is 21.2. The van der Waals surface area contributed by atoms with Crippen LogP contribution in [0.1, 0.15) is 97.1 Å². The highest BCUT2D eigenvalue weighted by Crippen LogP contribution is 2.35. The molecule has 2 aliphatic carbocycles. The van der Waals surface area contributed by atoms with Gasteiger partial charge < -0.3 is 29.9 Å². The Morgan fingerprint density at radius 1 is 0.696 bits per heavy atom. The maximum Gasteiger partial charge on any atom is 0.338 e. The Morgan fingerprint density at radius 2 is 1.04 bits per heavy atom. The molecule has 2 saturated carbocycles. The third-order valence-corrected chi connectivity index (χ3v) is 10.7. The highest BCUT2D eigenvalue weighted by Gasteiger charge is 2.29. The topological polar surface area (TPSA) is 88.3 Å². The van der Waals surface area contributed by atoms with E-state index in [9.17, 15) is 9.59 Å². The summed E-state index contributed by atoms with van der Waals surface area (Å²) < 4.78 is 11.7. The van der Waals surface area contributed by atoms with E-state index in [4.69, 9.17) is 15.2 Å². The van der Waals surface area contributed by atoms with Gasteiger partial charge in [-0.3, -0.25) is 0 Å². The average Bonchev–Trinajstić information content (AvgIpc) is 3.05. The molecule has 0 saturated heterocycles. The summed E-state index contributed by atoms with van der Waals surface area (Å²) in [6.07, 6.45) is 9.18. The molecule has 0 spiro atoms. The number of nitrogens with two attached hydrogens (primary N) is 1. The Balaban J connectivity index is 0.000000251. The number of carbonyl (C=O) groups excluding carboxylic acids is 2. The summed E-state index contributed by atoms with van der Waals surface area (Å²) in [5.41, 5.74) is 11.5. The molecule has 46 heavy (non-hydrogen) atoms. The number of nitrogens with zero attached hydrogens (tertiary/aromatic N) is 3. The molecule has 0 aliphatic heterocycles. The molecule has 2 fully saturated rings. The minimum absolute atomic E-state index is 0.276. The number of benzene rings is 2. The highest BCUT2D eigenvalue weighted by atomic mass is 79.9. The van der Waals surface area contributed by atoms with Gasteiger partial charge in [0.15, 0.2) is 0 Å². The Labute approximate surface area is 293 Å². The minimum Gasteiger partial charge on any atom is -0.465 e. The second-order valence-corrected chi connectivity index (χ2v) is 14.6. The van der Waals surface area contributed by atoms with E-state index in [1.165, 1.54) is 39.9 Å². The fourth-order valence-corrected chi connectivity index (χ4v) is 8.01. The average molecular weight is 767 g/mol. The first-order valence-corrected chi connectivity index (χ1v) is 18.2. The van der Waals surface area contributed by atoms with E-state index in [-0.39, 0.29) is 11.9 Å². The molecular formula is C36H54Br2N4O4. The van der Waals surface area contributed by atoms with Crippen LogP contribution in [0.5, 0.6) is 0 Å². The molecule has 0 bridgehead atoms. The summed E-state index contributed by atoms with van der Waals surface area (Å²) in [7, 11) is 7.19. The molecule has 2 aliphatic rings. The van der Waals surface area contributed by atoms with Crippen molar-refractivity contribution in [1.29, 1.82) is 0 Å². The van der Waals surface area contributed by atoms with E-state index < -0.39 is 0 Å². The Kier molecular flexibility index (Phi) is 14.9. The van der Waals surface area contributed by atoms with Crippen molar-refractivity contribution in [2.75, 3.05) is 51.2 Å². The van der Waals surface area contributed by atoms with Gasteiger partial charge in [-0.15, -0.1) is 0 Å². The van der Waals surface area contributed by atoms with Crippen molar-refractivity contribution in [2.24, 2.45) is 5.73 Å². The number of ether oxygens (including phenoxy) is 2. The molecule has 2 aromatic carbocycles.